The quantitative estimate of drug-likeness (QED) is 0.830. The molecule has 0 aromatic carbocycles. The number of rotatable bonds is 5. The summed E-state index contributed by atoms with van der Waals surface area (Å²) in [6.07, 6.45) is -5.47. The van der Waals surface area contributed by atoms with Gasteiger partial charge in [-0.2, -0.15) is 13.2 Å². The van der Waals surface area contributed by atoms with E-state index in [0.717, 1.165) is 0 Å². The summed E-state index contributed by atoms with van der Waals surface area (Å²) in [5, 5.41) is 5.17. The van der Waals surface area contributed by atoms with Crippen molar-refractivity contribution in [3.05, 3.63) is 17.5 Å². The first-order valence-electron chi connectivity index (χ1n) is 6.62. The first-order chi connectivity index (χ1) is 10.5. The number of alkyl carbamates (subject to hydrolysis) is 1. The van der Waals surface area contributed by atoms with Crippen molar-refractivity contribution in [3.8, 4) is 0 Å². The number of hydrogen-bond donors (Lipinski definition) is 1. The van der Waals surface area contributed by atoms with Crippen LogP contribution in [-0.2, 0) is 27.1 Å². The van der Waals surface area contributed by atoms with E-state index in [1.165, 1.54) is 0 Å². The van der Waals surface area contributed by atoms with Gasteiger partial charge in [-0.15, -0.1) is 0 Å². The van der Waals surface area contributed by atoms with Gasteiger partial charge in [-0.1, -0.05) is 5.16 Å². The van der Waals surface area contributed by atoms with E-state index in [4.69, 9.17) is 9.47 Å². The molecule has 1 aromatic rings. The third-order valence-electron chi connectivity index (χ3n) is 2.22. The second-order valence-corrected chi connectivity index (χ2v) is 5.52. The standard InChI is InChI=1S/C13H17F3N2O5/c1-12(2,3)22-11(20)17-5-4-10(19)21-7-8-6-9(18-23-8)13(14,15)16/h6H,4-5,7H2,1-3H3,(H,17,20). The van der Waals surface area contributed by atoms with Crippen molar-refractivity contribution in [2.24, 2.45) is 0 Å². The zero-order chi connectivity index (χ0) is 17.7. The molecule has 0 fully saturated rings. The van der Waals surface area contributed by atoms with Crippen molar-refractivity contribution in [2.45, 2.75) is 45.6 Å². The third kappa shape index (κ3) is 7.52. The minimum atomic E-state index is -4.62. The Bertz CT molecular complexity index is 549. The number of ether oxygens (including phenoxy) is 2. The number of nitrogens with one attached hydrogen (secondary N) is 1. The Balaban J connectivity index is 2.27. The maximum Gasteiger partial charge on any atom is 0.436 e. The Morgan fingerprint density at radius 3 is 2.48 bits per heavy atom. The Morgan fingerprint density at radius 2 is 1.96 bits per heavy atom. The third-order valence-corrected chi connectivity index (χ3v) is 2.22. The van der Waals surface area contributed by atoms with Crippen molar-refractivity contribution in [1.29, 1.82) is 0 Å². The molecule has 0 saturated carbocycles. The Hall–Kier alpha value is -2.26. The molecule has 1 rings (SSSR count). The summed E-state index contributed by atoms with van der Waals surface area (Å²) >= 11 is 0. The van der Waals surface area contributed by atoms with Gasteiger partial charge in [0.15, 0.2) is 18.1 Å². The van der Waals surface area contributed by atoms with Crippen LogP contribution in [0.5, 0.6) is 0 Å². The molecular formula is C13H17F3N2O5. The zero-order valence-corrected chi connectivity index (χ0v) is 12.8. The van der Waals surface area contributed by atoms with Crippen LogP contribution in [0.3, 0.4) is 0 Å². The molecule has 0 unspecified atom stereocenters. The highest BCUT2D eigenvalue weighted by molar-refractivity contribution is 5.71. The average Bonchev–Trinajstić information content (AvgIpc) is 2.82. The first-order valence-corrected chi connectivity index (χ1v) is 6.62. The van der Waals surface area contributed by atoms with E-state index in [1.807, 2.05) is 0 Å². The summed E-state index contributed by atoms with van der Waals surface area (Å²) < 4.78 is 50.9. The number of carbonyl (C=O) groups is 2. The molecule has 0 bridgehead atoms. The molecule has 0 atom stereocenters. The van der Waals surface area contributed by atoms with Gasteiger partial charge < -0.3 is 19.3 Å². The second-order valence-electron chi connectivity index (χ2n) is 5.52. The molecule has 1 N–H and O–H groups in total. The molecule has 0 spiro atoms. The maximum absolute atomic E-state index is 12.3. The fourth-order valence-corrected chi connectivity index (χ4v) is 1.32. The summed E-state index contributed by atoms with van der Waals surface area (Å²) in [7, 11) is 0. The van der Waals surface area contributed by atoms with Crippen LogP contribution in [0, 0.1) is 0 Å². The summed E-state index contributed by atoms with van der Waals surface area (Å²) in [5.41, 5.74) is -1.86. The maximum atomic E-state index is 12.3. The summed E-state index contributed by atoms with van der Waals surface area (Å²) in [5.74, 6) is -0.947. The predicted octanol–water partition coefficient (Wildman–Crippen LogP) is 2.65. The predicted molar refractivity (Wildman–Crippen MR) is 70.2 cm³/mol. The number of aromatic nitrogens is 1. The lowest BCUT2D eigenvalue weighted by atomic mass is 10.2. The van der Waals surface area contributed by atoms with Crippen LogP contribution in [0.4, 0.5) is 18.0 Å². The van der Waals surface area contributed by atoms with E-state index in [1.54, 1.807) is 20.8 Å². The Kier molecular flexibility index (Phi) is 5.99. The molecule has 0 aliphatic rings. The second kappa shape index (κ2) is 7.34. The van der Waals surface area contributed by atoms with Gasteiger partial charge in [-0.05, 0) is 20.8 Å². The summed E-state index contributed by atoms with van der Waals surface area (Å²) in [4.78, 5) is 22.7. The van der Waals surface area contributed by atoms with Crippen LogP contribution in [0.25, 0.3) is 0 Å². The molecule has 1 heterocycles. The minimum absolute atomic E-state index is 0.0298. The van der Waals surface area contributed by atoms with Crippen LogP contribution < -0.4 is 5.32 Å². The van der Waals surface area contributed by atoms with Crippen LogP contribution in [0.1, 0.15) is 38.6 Å². The number of nitrogens with zero attached hydrogens (tertiary/aromatic N) is 1. The van der Waals surface area contributed by atoms with E-state index in [9.17, 15) is 22.8 Å². The monoisotopic (exact) mass is 338 g/mol. The largest absolute Gasteiger partial charge is 0.457 e. The van der Waals surface area contributed by atoms with Crippen LogP contribution >= 0.6 is 0 Å². The van der Waals surface area contributed by atoms with Gasteiger partial charge in [0.1, 0.15) is 5.60 Å². The Morgan fingerprint density at radius 1 is 1.30 bits per heavy atom. The normalized spacial score (nSPS) is 11.9. The number of alkyl halides is 3. The summed E-state index contributed by atoms with van der Waals surface area (Å²) in [6.45, 7) is 4.56. The fourth-order valence-electron chi connectivity index (χ4n) is 1.32. The molecule has 7 nitrogen and oxygen atoms in total. The number of carbonyl (C=O) groups excluding carboxylic acids is 2. The van der Waals surface area contributed by atoms with Crippen LogP contribution in [0.2, 0.25) is 0 Å². The van der Waals surface area contributed by atoms with Gasteiger partial charge >= 0.3 is 18.2 Å². The molecule has 0 saturated heterocycles. The molecule has 10 heteroatoms. The van der Waals surface area contributed by atoms with Crippen molar-refractivity contribution in [3.63, 3.8) is 0 Å². The number of halogens is 3. The minimum Gasteiger partial charge on any atom is -0.457 e. The van der Waals surface area contributed by atoms with Crippen LogP contribution in [-0.4, -0.2) is 29.4 Å². The first kappa shape index (κ1) is 18.8. The van der Waals surface area contributed by atoms with E-state index < -0.39 is 36.1 Å². The highest BCUT2D eigenvalue weighted by Crippen LogP contribution is 2.28. The van der Waals surface area contributed by atoms with E-state index >= 15 is 0 Å². The lowest BCUT2D eigenvalue weighted by Crippen LogP contribution is -2.33. The topological polar surface area (TPSA) is 90.7 Å². The zero-order valence-electron chi connectivity index (χ0n) is 12.8. The van der Waals surface area contributed by atoms with Crippen molar-refractivity contribution >= 4 is 12.1 Å². The van der Waals surface area contributed by atoms with Gasteiger partial charge in [0.2, 0.25) is 0 Å². The Labute approximate surface area is 130 Å². The van der Waals surface area contributed by atoms with E-state index in [0.29, 0.717) is 6.07 Å². The lowest BCUT2D eigenvalue weighted by Gasteiger charge is -2.19. The van der Waals surface area contributed by atoms with Crippen molar-refractivity contribution < 1.29 is 36.8 Å². The van der Waals surface area contributed by atoms with E-state index in [2.05, 4.69) is 15.0 Å². The lowest BCUT2D eigenvalue weighted by molar-refractivity contribution is -0.145. The molecular weight excluding hydrogens is 321 g/mol. The van der Waals surface area contributed by atoms with Gasteiger partial charge in [0, 0.05) is 12.6 Å². The highest BCUT2D eigenvalue weighted by atomic mass is 19.4. The molecule has 130 valence electrons. The molecule has 0 aliphatic heterocycles. The molecule has 23 heavy (non-hydrogen) atoms. The molecule has 1 aromatic heterocycles. The van der Waals surface area contributed by atoms with Crippen LogP contribution in [0.15, 0.2) is 10.6 Å². The van der Waals surface area contributed by atoms with Gasteiger partial charge in [-0.25, -0.2) is 4.79 Å². The van der Waals surface area contributed by atoms with E-state index in [-0.39, 0.29) is 18.7 Å². The number of hydrogen-bond acceptors (Lipinski definition) is 6. The number of esters is 1. The molecule has 1 amide bonds. The average molecular weight is 338 g/mol. The van der Waals surface area contributed by atoms with Crippen molar-refractivity contribution in [1.82, 2.24) is 10.5 Å². The number of amides is 1. The van der Waals surface area contributed by atoms with Crippen molar-refractivity contribution in [2.75, 3.05) is 6.54 Å². The molecule has 0 aliphatic carbocycles. The smallest absolute Gasteiger partial charge is 0.436 e. The van der Waals surface area contributed by atoms with Gasteiger partial charge in [-0.3, -0.25) is 4.79 Å². The molecule has 0 radical (unpaired) electrons. The highest BCUT2D eigenvalue weighted by Gasteiger charge is 2.35. The SMILES string of the molecule is CC(C)(C)OC(=O)NCCC(=O)OCc1cc(C(F)(F)F)no1. The van der Waals surface area contributed by atoms with Gasteiger partial charge in [0.25, 0.3) is 0 Å². The van der Waals surface area contributed by atoms with Gasteiger partial charge in [0.05, 0.1) is 6.42 Å². The fraction of sp³-hybridized carbons (Fsp3) is 0.615. The summed E-state index contributed by atoms with van der Waals surface area (Å²) in [6, 6.07) is 0.645.